The summed E-state index contributed by atoms with van der Waals surface area (Å²) in [7, 11) is 0. The molecule has 1 aliphatic rings. The third-order valence-electron chi connectivity index (χ3n) is 4.62. The lowest BCUT2D eigenvalue weighted by Gasteiger charge is -2.34. The predicted octanol–water partition coefficient (Wildman–Crippen LogP) is 3.54. The number of carbonyl (C=O) groups is 2. The van der Waals surface area contributed by atoms with Crippen LogP contribution in [0.1, 0.15) is 30.6 Å². The van der Waals surface area contributed by atoms with E-state index in [0.717, 1.165) is 36.6 Å². The highest BCUT2D eigenvalue weighted by atomic mass is 16.5. The molecule has 2 aromatic carbocycles. The van der Waals surface area contributed by atoms with E-state index < -0.39 is 0 Å². The van der Waals surface area contributed by atoms with Crippen LogP contribution in [0.15, 0.2) is 36.4 Å². The molecule has 0 bridgehead atoms. The van der Waals surface area contributed by atoms with E-state index in [2.05, 4.69) is 13.8 Å². The van der Waals surface area contributed by atoms with Gasteiger partial charge < -0.3 is 9.64 Å². The Morgan fingerprint density at radius 3 is 2.58 bits per heavy atom. The van der Waals surface area contributed by atoms with Crippen LogP contribution in [0.4, 0.5) is 0 Å². The van der Waals surface area contributed by atoms with Crippen molar-refractivity contribution in [2.24, 2.45) is 11.8 Å². The van der Waals surface area contributed by atoms with Gasteiger partial charge in [0.2, 0.25) is 0 Å². The van der Waals surface area contributed by atoms with Crippen LogP contribution in [-0.4, -0.2) is 36.8 Å². The van der Waals surface area contributed by atoms with Crippen molar-refractivity contribution in [1.82, 2.24) is 4.90 Å². The Hall–Kier alpha value is -2.36. The topological polar surface area (TPSA) is 46.6 Å². The predicted molar refractivity (Wildman–Crippen MR) is 94.4 cm³/mol. The molecule has 0 radical (unpaired) electrons. The van der Waals surface area contributed by atoms with Crippen molar-refractivity contribution in [1.29, 1.82) is 0 Å². The number of aldehydes is 1. The van der Waals surface area contributed by atoms with Crippen LogP contribution in [0, 0.1) is 11.8 Å². The summed E-state index contributed by atoms with van der Waals surface area (Å²) in [6.07, 6.45) is 1.96. The fourth-order valence-corrected chi connectivity index (χ4v) is 3.62. The smallest absolute Gasteiger partial charge is 0.260 e. The van der Waals surface area contributed by atoms with Crippen LogP contribution in [0.25, 0.3) is 10.8 Å². The quantitative estimate of drug-likeness (QED) is 0.808. The maximum atomic E-state index is 12.4. The highest BCUT2D eigenvalue weighted by Gasteiger charge is 2.25. The molecular formula is C20H23NO3. The fraction of sp³-hybridized carbons (Fsp3) is 0.400. The van der Waals surface area contributed by atoms with E-state index in [9.17, 15) is 9.59 Å². The summed E-state index contributed by atoms with van der Waals surface area (Å²) < 4.78 is 5.70. The molecule has 1 amide bonds. The normalized spacial score (nSPS) is 20.8. The number of nitrogens with zero attached hydrogens (tertiary/aromatic N) is 1. The number of amides is 1. The Morgan fingerprint density at radius 2 is 1.88 bits per heavy atom. The molecule has 3 rings (SSSR count). The van der Waals surface area contributed by atoms with Crippen LogP contribution < -0.4 is 4.74 Å². The Bertz CT molecular complexity index is 746. The molecule has 0 unspecified atom stereocenters. The van der Waals surface area contributed by atoms with Gasteiger partial charge in [0.1, 0.15) is 5.75 Å². The van der Waals surface area contributed by atoms with Crippen molar-refractivity contribution in [3.63, 3.8) is 0 Å². The lowest BCUT2D eigenvalue weighted by Crippen LogP contribution is -2.44. The van der Waals surface area contributed by atoms with Gasteiger partial charge in [-0.2, -0.15) is 0 Å². The molecule has 2 atom stereocenters. The number of hydrogen-bond acceptors (Lipinski definition) is 3. The fourth-order valence-electron chi connectivity index (χ4n) is 3.62. The van der Waals surface area contributed by atoms with Gasteiger partial charge in [-0.3, -0.25) is 9.59 Å². The van der Waals surface area contributed by atoms with Crippen LogP contribution >= 0.6 is 0 Å². The Balaban J connectivity index is 1.73. The van der Waals surface area contributed by atoms with Gasteiger partial charge in [-0.15, -0.1) is 0 Å². The molecule has 4 heteroatoms. The summed E-state index contributed by atoms with van der Waals surface area (Å²) in [5, 5.41) is 1.83. The minimum atomic E-state index is -0.0291. The highest BCUT2D eigenvalue weighted by Crippen LogP contribution is 2.27. The molecule has 4 nitrogen and oxygen atoms in total. The van der Waals surface area contributed by atoms with Gasteiger partial charge in [-0.1, -0.05) is 44.2 Å². The molecule has 126 valence electrons. The first-order valence-corrected chi connectivity index (χ1v) is 8.46. The molecule has 0 spiro atoms. The Kier molecular flexibility index (Phi) is 4.84. The van der Waals surface area contributed by atoms with Crippen LogP contribution in [0.2, 0.25) is 0 Å². The number of benzene rings is 2. The number of rotatable bonds is 4. The minimum Gasteiger partial charge on any atom is -0.483 e. The molecule has 0 saturated carbocycles. The summed E-state index contributed by atoms with van der Waals surface area (Å²) in [5.41, 5.74) is 0.501. The minimum absolute atomic E-state index is 0.0154. The van der Waals surface area contributed by atoms with E-state index in [4.69, 9.17) is 4.74 Å². The molecule has 1 saturated heterocycles. The summed E-state index contributed by atoms with van der Waals surface area (Å²) >= 11 is 0. The summed E-state index contributed by atoms with van der Waals surface area (Å²) in [6, 6.07) is 11.3. The van der Waals surface area contributed by atoms with E-state index in [0.29, 0.717) is 23.1 Å². The standard InChI is InChI=1S/C20H23NO3/c1-14-9-15(2)11-21(10-14)20(23)13-24-19-8-7-16-5-3-4-6-17(16)18(19)12-22/h3-8,12,14-15H,9-11,13H2,1-2H3/t14-,15-/m0/s1. The van der Waals surface area contributed by atoms with E-state index >= 15 is 0 Å². The average molecular weight is 325 g/mol. The van der Waals surface area contributed by atoms with Gasteiger partial charge in [0.25, 0.3) is 5.91 Å². The van der Waals surface area contributed by atoms with Gasteiger partial charge >= 0.3 is 0 Å². The molecule has 24 heavy (non-hydrogen) atoms. The summed E-state index contributed by atoms with van der Waals surface area (Å²) in [4.78, 5) is 25.8. The van der Waals surface area contributed by atoms with Crippen LogP contribution in [0.5, 0.6) is 5.75 Å². The lowest BCUT2D eigenvalue weighted by molar-refractivity contribution is -0.136. The van der Waals surface area contributed by atoms with E-state index in [-0.39, 0.29) is 12.5 Å². The van der Waals surface area contributed by atoms with E-state index in [1.54, 1.807) is 6.07 Å². The van der Waals surface area contributed by atoms with Gasteiger partial charge in [0.05, 0.1) is 5.56 Å². The van der Waals surface area contributed by atoms with Gasteiger partial charge in [0, 0.05) is 13.1 Å². The Morgan fingerprint density at radius 1 is 1.17 bits per heavy atom. The second-order valence-electron chi connectivity index (χ2n) is 6.85. The maximum absolute atomic E-state index is 12.4. The molecule has 0 aliphatic carbocycles. The molecule has 1 fully saturated rings. The second kappa shape index (κ2) is 7.04. The van der Waals surface area contributed by atoms with Crippen molar-refractivity contribution in [2.45, 2.75) is 20.3 Å². The third-order valence-corrected chi connectivity index (χ3v) is 4.62. The number of piperidine rings is 1. The second-order valence-corrected chi connectivity index (χ2v) is 6.85. The van der Waals surface area contributed by atoms with Crippen molar-refractivity contribution >= 4 is 23.0 Å². The number of likely N-dealkylation sites (tertiary alicyclic amines) is 1. The van der Waals surface area contributed by atoms with Crippen molar-refractivity contribution in [3.8, 4) is 5.75 Å². The molecule has 1 aliphatic heterocycles. The Labute approximate surface area is 142 Å². The maximum Gasteiger partial charge on any atom is 0.260 e. The SMILES string of the molecule is C[C@H]1C[C@H](C)CN(C(=O)COc2ccc3ccccc3c2C=O)C1. The number of ether oxygens (including phenoxy) is 1. The average Bonchev–Trinajstić information content (AvgIpc) is 2.58. The molecular weight excluding hydrogens is 302 g/mol. The molecule has 1 heterocycles. The van der Waals surface area contributed by atoms with Crippen LogP contribution in [-0.2, 0) is 4.79 Å². The summed E-state index contributed by atoms with van der Waals surface area (Å²) in [5.74, 6) is 1.49. The monoisotopic (exact) mass is 325 g/mol. The number of carbonyl (C=O) groups excluding carboxylic acids is 2. The first kappa shape index (κ1) is 16.5. The van der Waals surface area contributed by atoms with Gasteiger partial charge in [-0.05, 0) is 35.1 Å². The first-order chi connectivity index (χ1) is 11.6. The van der Waals surface area contributed by atoms with Gasteiger partial charge in [-0.25, -0.2) is 0 Å². The lowest BCUT2D eigenvalue weighted by atomic mass is 9.92. The van der Waals surface area contributed by atoms with Gasteiger partial charge in [0.15, 0.2) is 12.9 Å². The summed E-state index contributed by atoms with van der Waals surface area (Å²) in [6.45, 7) is 5.88. The highest BCUT2D eigenvalue weighted by molar-refractivity contribution is 6.00. The van der Waals surface area contributed by atoms with Crippen molar-refractivity contribution < 1.29 is 14.3 Å². The molecule has 0 N–H and O–H groups in total. The van der Waals surface area contributed by atoms with E-state index in [1.807, 2.05) is 35.2 Å². The number of hydrogen-bond donors (Lipinski definition) is 0. The van der Waals surface area contributed by atoms with Crippen molar-refractivity contribution in [3.05, 3.63) is 42.0 Å². The number of fused-ring (bicyclic) bond motifs is 1. The molecule has 2 aromatic rings. The van der Waals surface area contributed by atoms with Crippen molar-refractivity contribution in [2.75, 3.05) is 19.7 Å². The largest absolute Gasteiger partial charge is 0.483 e. The zero-order chi connectivity index (χ0) is 17.1. The third kappa shape index (κ3) is 3.42. The zero-order valence-corrected chi connectivity index (χ0v) is 14.2. The molecule has 0 aromatic heterocycles. The van der Waals surface area contributed by atoms with Crippen LogP contribution in [0.3, 0.4) is 0 Å². The zero-order valence-electron chi connectivity index (χ0n) is 14.2. The first-order valence-electron chi connectivity index (χ1n) is 8.46. The van der Waals surface area contributed by atoms with E-state index in [1.165, 1.54) is 0 Å².